The van der Waals surface area contributed by atoms with E-state index in [1.165, 1.54) is 12.0 Å². The fraction of sp³-hybridized carbons (Fsp3) is 0.526. The van der Waals surface area contributed by atoms with Crippen LogP contribution < -0.4 is 5.32 Å². The van der Waals surface area contributed by atoms with Gasteiger partial charge in [-0.2, -0.15) is 0 Å². The molecule has 2 heterocycles. The fourth-order valence-corrected chi connectivity index (χ4v) is 4.08. The summed E-state index contributed by atoms with van der Waals surface area (Å²) in [5.74, 6) is -0.0450. The zero-order valence-electron chi connectivity index (χ0n) is 15.4. The standard InChI is InChI=1S/C19H24BrN3O4/c1-27-19(26)23-11-7-13-5-6-14(20)12-15(13)17(23)18(25)21-8-3-10-22-9-2-4-16(22)24/h5-6,12,17H,2-4,7-11H2,1H3,(H,21,25). The van der Waals surface area contributed by atoms with E-state index in [1.807, 2.05) is 23.1 Å². The molecule has 1 N–H and O–H groups in total. The molecular formula is C19H24BrN3O4. The van der Waals surface area contributed by atoms with E-state index < -0.39 is 12.1 Å². The maximum Gasteiger partial charge on any atom is 0.410 e. The molecule has 1 aromatic carbocycles. The molecule has 0 saturated carbocycles. The van der Waals surface area contributed by atoms with Crippen LogP contribution in [0.4, 0.5) is 4.79 Å². The first-order valence-electron chi connectivity index (χ1n) is 9.19. The molecule has 2 aliphatic rings. The van der Waals surface area contributed by atoms with Crippen molar-refractivity contribution in [1.29, 1.82) is 0 Å². The Morgan fingerprint density at radius 1 is 1.30 bits per heavy atom. The summed E-state index contributed by atoms with van der Waals surface area (Å²) in [5.41, 5.74) is 1.87. The Kier molecular flexibility index (Phi) is 6.36. The molecule has 146 valence electrons. The van der Waals surface area contributed by atoms with Crippen LogP contribution in [0.2, 0.25) is 0 Å². The second kappa shape index (κ2) is 8.73. The lowest BCUT2D eigenvalue weighted by Gasteiger charge is -2.35. The maximum absolute atomic E-state index is 12.9. The average Bonchev–Trinajstić information content (AvgIpc) is 3.08. The fourth-order valence-electron chi connectivity index (χ4n) is 3.70. The molecule has 0 spiro atoms. The van der Waals surface area contributed by atoms with Crippen molar-refractivity contribution >= 4 is 33.8 Å². The van der Waals surface area contributed by atoms with Gasteiger partial charge in [0.15, 0.2) is 0 Å². The van der Waals surface area contributed by atoms with Crippen LogP contribution in [0, 0.1) is 0 Å². The number of nitrogens with one attached hydrogen (secondary N) is 1. The van der Waals surface area contributed by atoms with Gasteiger partial charge >= 0.3 is 6.09 Å². The van der Waals surface area contributed by atoms with Crippen molar-refractivity contribution in [3.8, 4) is 0 Å². The van der Waals surface area contributed by atoms with Crippen LogP contribution in [0.25, 0.3) is 0 Å². The number of rotatable bonds is 5. The lowest BCUT2D eigenvalue weighted by atomic mass is 9.92. The quantitative estimate of drug-likeness (QED) is 0.716. The van der Waals surface area contributed by atoms with Gasteiger partial charge < -0.3 is 15.0 Å². The highest BCUT2D eigenvalue weighted by molar-refractivity contribution is 9.10. The summed E-state index contributed by atoms with van der Waals surface area (Å²) in [6, 6.07) is 5.09. The molecule has 0 aromatic heterocycles. The number of hydrogen-bond acceptors (Lipinski definition) is 4. The molecule has 0 bridgehead atoms. The number of fused-ring (bicyclic) bond motifs is 1. The lowest BCUT2D eigenvalue weighted by Crippen LogP contribution is -2.47. The van der Waals surface area contributed by atoms with Gasteiger partial charge in [0.1, 0.15) is 6.04 Å². The van der Waals surface area contributed by atoms with Crippen molar-refractivity contribution in [3.63, 3.8) is 0 Å². The van der Waals surface area contributed by atoms with E-state index in [-0.39, 0.29) is 11.8 Å². The number of ether oxygens (including phenoxy) is 1. The predicted molar refractivity (Wildman–Crippen MR) is 103 cm³/mol. The number of carbonyl (C=O) groups excluding carboxylic acids is 3. The second-order valence-corrected chi connectivity index (χ2v) is 7.70. The first-order chi connectivity index (χ1) is 13.0. The first kappa shape index (κ1) is 19.7. The van der Waals surface area contributed by atoms with E-state index in [0.29, 0.717) is 38.9 Å². The molecule has 8 heteroatoms. The number of carbonyl (C=O) groups is 3. The molecule has 1 aromatic rings. The number of halogens is 1. The highest BCUT2D eigenvalue weighted by Gasteiger charge is 2.36. The largest absolute Gasteiger partial charge is 0.453 e. The van der Waals surface area contributed by atoms with Gasteiger partial charge in [0.25, 0.3) is 0 Å². The summed E-state index contributed by atoms with van der Waals surface area (Å²) in [7, 11) is 1.32. The maximum atomic E-state index is 12.9. The van der Waals surface area contributed by atoms with Crippen LogP contribution in [-0.2, 0) is 20.7 Å². The SMILES string of the molecule is COC(=O)N1CCc2ccc(Br)cc2C1C(=O)NCCCN1CCCC1=O. The Bertz CT molecular complexity index is 740. The van der Waals surface area contributed by atoms with Crippen LogP contribution >= 0.6 is 15.9 Å². The van der Waals surface area contributed by atoms with Crippen molar-refractivity contribution in [1.82, 2.24) is 15.1 Å². The number of nitrogens with zero attached hydrogens (tertiary/aromatic N) is 2. The van der Waals surface area contributed by atoms with Crippen molar-refractivity contribution in [3.05, 3.63) is 33.8 Å². The summed E-state index contributed by atoms with van der Waals surface area (Å²) >= 11 is 3.44. The van der Waals surface area contributed by atoms with E-state index in [0.717, 1.165) is 28.6 Å². The van der Waals surface area contributed by atoms with Crippen LogP contribution in [0.15, 0.2) is 22.7 Å². The molecule has 7 nitrogen and oxygen atoms in total. The van der Waals surface area contributed by atoms with E-state index in [1.54, 1.807) is 0 Å². The lowest BCUT2D eigenvalue weighted by molar-refractivity contribution is -0.127. The summed E-state index contributed by atoms with van der Waals surface area (Å²) in [5, 5.41) is 2.92. The Morgan fingerprint density at radius 2 is 2.11 bits per heavy atom. The predicted octanol–water partition coefficient (Wildman–Crippen LogP) is 2.24. The Morgan fingerprint density at radius 3 is 2.81 bits per heavy atom. The molecule has 1 fully saturated rings. The Hall–Kier alpha value is -2.09. The second-order valence-electron chi connectivity index (χ2n) is 6.79. The normalized spacial score (nSPS) is 19.0. The van der Waals surface area contributed by atoms with Crippen LogP contribution in [0.1, 0.15) is 36.4 Å². The third-order valence-corrected chi connectivity index (χ3v) is 5.56. The zero-order valence-corrected chi connectivity index (χ0v) is 17.0. The third-order valence-electron chi connectivity index (χ3n) is 5.07. The number of methoxy groups -OCH3 is 1. The summed E-state index contributed by atoms with van der Waals surface area (Å²) in [6.45, 7) is 2.33. The van der Waals surface area contributed by atoms with Gasteiger partial charge in [-0.3, -0.25) is 14.5 Å². The third kappa shape index (κ3) is 4.43. The van der Waals surface area contributed by atoms with Gasteiger partial charge in [0.05, 0.1) is 7.11 Å². The number of hydrogen-bond donors (Lipinski definition) is 1. The van der Waals surface area contributed by atoms with Gasteiger partial charge in [-0.1, -0.05) is 22.0 Å². The average molecular weight is 438 g/mol. The van der Waals surface area contributed by atoms with E-state index in [4.69, 9.17) is 4.74 Å². The minimum absolute atomic E-state index is 0.184. The van der Waals surface area contributed by atoms with Gasteiger partial charge in [-0.05, 0) is 42.5 Å². The van der Waals surface area contributed by atoms with Crippen LogP contribution in [0.3, 0.4) is 0 Å². The van der Waals surface area contributed by atoms with Crippen molar-refractivity contribution < 1.29 is 19.1 Å². The number of benzene rings is 1. The Balaban J connectivity index is 1.67. The summed E-state index contributed by atoms with van der Waals surface area (Å²) in [4.78, 5) is 40.0. The van der Waals surface area contributed by atoms with E-state index >= 15 is 0 Å². The minimum Gasteiger partial charge on any atom is -0.453 e. The molecule has 3 rings (SSSR count). The van der Waals surface area contributed by atoms with Gasteiger partial charge in [0.2, 0.25) is 11.8 Å². The Labute approximate surface area is 167 Å². The molecule has 0 radical (unpaired) electrons. The van der Waals surface area contributed by atoms with Crippen molar-refractivity contribution in [2.24, 2.45) is 0 Å². The van der Waals surface area contributed by atoms with E-state index in [2.05, 4.69) is 21.2 Å². The monoisotopic (exact) mass is 437 g/mol. The summed E-state index contributed by atoms with van der Waals surface area (Å²) in [6.07, 6.45) is 2.39. The molecular weight excluding hydrogens is 414 g/mol. The minimum atomic E-state index is -0.716. The molecule has 3 amide bonds. The molecule has 0 aliphatic carbocycles. The first-order valence-corrected chi connectivity index (χ1v) is 9.99. The smallest absolute Gasteiger partial charge is 0.410 e. The van der Waals surface area contributed by atoms with Gasteiger partial charge in [-0.25, -0.2) is 4.79 Å². The molecule has 27 heavy (non-hydrogen) atoms. The van der Waals surface area contributed by atoms with Crippen LogP contribution in [0.5, 0.6) is 0 Å². The molecule has 1 unspecified atom stereocenters. The van der Waals surface area contributed by atoms with Crippen molar-refractivity contribution in [2.75, 3.05) is 33.3 Å². The number of likely N-dealkylation sites (tertiary alicyclic amines) is 1. The topological polar surface area (TPSA) is 79.0 Å². The highest BCUT2D eigenvalue weighted by atomic mass is 79.9. The highest BCUT2D eigenvalue weighted by Crippen LogP contribution is 2.32. The molecule has 1 saturated heterocycles. The zero-order chi connectivity index (χ0) is 19.4. The summed E-state index contributed by atoms with van der Waals surface area (Å²) < 4.78 is 5.73. The molecule has 2 aliphatic heterocycles. The van der Waals surface area contributed by atoms with Gasteiger partial charge in [0, 0.05) is 37.1 Å². The van der Waals surface area contributed by atoms with Crippen LogP contribution in [-0.4, -0.2) is 61.0 Å². The van der Waals surface area contributed by atoms with E-state index in [9.17, 15) is 14.4 Å². The molecule has 1 atom stereocenters. The number of amides is 3. The van der Waals surface area contributed by atoms with Gasteiger partial charge in [-0.15, -0.1) is 0 Å². The van der Waals surface area contributed by atoms with Crippen molar-refractivity contribution in [2.45, 2.75) is 31.7 Å².